The van der Waals surface area contributed by atoms with Gasteiger partial charge in [-0.25, -0.2) is 4.79 Å². The summed E-state index contributed by atoms with van der Waals surface area (Å²) in [5.41, 5.74) is 1.04. The number of aromatic carboxylic acids is 1. The van der Waals surface area contributed by atoms with Crippen molar-refractivity contribution in [3.63, 3.8) is 0 Å². The lowest BCUT2D eigenvalue weighted by Gasteiger charge is -2.24. The lowest BCUT2D eigenvalue weighted by atomic mass is 10.0. The van der Waals surface area contributed by atoms with E-state index < -0.39 is 5.97 Å². The maximum atomic E-state index is 10.7. The number of hydrogen-bond donors (Lipinski definition) is 2. The Bertz CT molecular complexity index is 419. The van der Waals surface area contributed by atoms with E-state index in [1.165, 1.54) is 6.20 Å². The molecule has 2 heterocycles. The number of nitrogens with zero attached hydrogens (tertiary/aromatic N) is 2. The number of aliphatic hydroxyl groups excluding tert-OH is 1. The van der Waals surface area contributed by atoms with Gasteiger partial charge >= 0.3 is 5.97 Å². The van der Waals surface area contributed by atoms with Crippen LogP contribution in [0.5, 0.6) is 0 Å². The Labute approximate surface area is 106 Å². The summed E-state index contributed by atoms with van der Waals surface area (Å²) in [5.74, 6) is -0.467. The molecule has 1 saturated heterocycles. The Morgan fingerprint density at radius 1 is 1.56 bits per heavy atom. The van der Waals surface area contributed by atoms with Crippen LogP contribution in [0.25, 0.3) is 0 Å². The standard InChI is InChI=1S/C13H18N2O3/c1-9-4-5-15(12(9)8-16)7-11-3-2-10(6-14-11)13(17)18/h2-3,6,9,12,16H,4-5,7-8H2,1H3,(H,17,18). The number of likely N-dealkylation sites (tertiary alicyclic amines) is 1. The van der Waals surface area contributed by atoms with Crippen molar-refractivity contribution in [2.75, 3.05) is 13.2 Å². The van der Waals surface area contributed by atoms with E-state index in [0.717, 1.165) is 18.7 Å². The van der Waals surface area contributed by atoms with Crippen LogP contribution in [-0.4, -0.2) is 45.3 Å². The molecule has 98 valence electrons. The van der Waals surface area contributed by atoms with Crippen molar-refractivity contribution in [1.82, 2.24) is 9.88 Å². The molecule has 0 radical (unpaired) electrons. The molecule has 2 N–H and O–H groups in total. The number of pyridine rings is 1. The number of hydrogen-bond acceptors (Lipinski definition) is 4. The van der Waals surface area contributed by atoms with Gasteiger partial charge in [0.05, 0.1) is 17.9 Å². The molecule has 2 atom stereocenters. The average Bonchev–Trinajstić information content (AvgIpc) is 2.70. The van der Waals surface area contributed by atoms with E-state index in [9.17, 15) is 9.90 Å². The average molecular weight is 250 g/mol. The Balaban J connectivity index is 2.03. The topological polar surface area (TPSA) is 73.7 Å². The maximum absolute atomic E-state index is 10.7. The molecule has 2 unspecified atom stereocenters. The van der Waals surface area contributed by atoms with Crippen molar-refractivity contribution in [2.45, 2.75) is 25.9 Å². The molecule has 18 heavy (non-hydrogen) atoms. The number of carbonyl (C=O) groups is 1. The second kappa shape index (κ2) is 5.46. The summed E-state index contributed by atoms with van der Waals surface area (Å²) in [6.07, 6.45) is 2.46. The van der Waals surface area contributed by atoms with Gasteiger partial charge in [-0.2, -0.15) is 0 Å². The van der Waals surface area contributed by atoms with Crippen molar-refractivity contribution < 1.29 is 15.0 Å². The number of rotatable bonds is 4. The summed E-state index contributed by atoms with van der Waals surface area (Å²) in [6, 6.07) is 3.49. The first-order valence-electron chi connectivity index (χ1n) is 6.15. The summed E-state index contributed by atoms with van der Waals surface area (Å²) < 4.78 is 0. The van der Waals surface area contributed by atoms with Crippen molar-refractivity contribution in [3.8, 4) is 0 Å². The van der Waals surface area contributed by atoms with E-state index >= 15 is 0 Å². The molecule has 0 bridgehead atoms. The second-order valence-electron chi connectivity index (χ2n) is 4.83. The molecule has 2 rings (SSSR count). The Morgan fingerprint density at radius 2 is 2.33 bits per heavy atom. The first-order valence-corrected chi connectivity index (χ1v) is 6.15. The summed E-state index contributed by atoms with van der Waals surface area (Å²) in [6.45, 7) is 3.92. The lowest BCUT2D eigenvalue weighted by molar-refractivity contribution is 0.0696. The zero-order chi connectivity index (χ0) is 13.1. The largest absolute Gasteiger partial charge is 0.478 e. The predicted octanol–water partition coefficient (Wildman–Crippen LogP) is 0.982. The monoisotopic (exact) mass is 250 g/mol. The van der Waals surface area contributed by atoms with E-state index in [1.54, 1.807) is 12.1 Å². The molecule has 0 saturated carbocycles. The van der Waals surface area contributed by atoms with Gasteiger partial charge in [-0.05, 0) is 31.0 Å². The van der Waals surface area contributed by atoms with Gasteiger partial charge in [0.2, 0.25) is 0 Å². The molecular formula is C13H18N2O3. The Morgan fingerprint density at radius 3 is 2.89 bits per heavy atom. The smallest absolute Gasteiger partial charge is 0.337 e. The molecule has 0 aromatic carbocycles. The van der Waals surface area contributed by atoms with Crippen LogP contribution in [0.4, 0.5) is 0 Å². The highest BCUT2D eigenvalue weighted by Gasteiger charge is 2.30. The van der Waals surface area contributed by atoms with Crippen molar-refractivity contribution in [3.05, 3.63) is 29.6 Å². The van der Waals surface area contributed by atoms with E-state index in [4.69, 9.17) is 5.11 Å². The third kappa shape index (κ3) is 2.68. The van der Waals surface area contributed by atoms with Crippen LogP contribution in [0.1, 0.15) is 29.4 Å². The van der Waals surface area contributed by atoms with Gasteiger partial charge in [-0.3, -0.25) is 9.88 Å². The van der Waals surface area contributed by atoms with E-state index in [2.05, 4.69) is 16.8 Å². The van der Waals surface area contributed by atoms with Crippen LogP contribution in [-0.2, 0) is 6.54 Å². The molecule has 1 aliphatic rings. The highest BCUT2D eigenvalue weighted by Crippen LogP contribution is 2.24. The van der Waals surface area contributed by atoms with Gasteiger partial charge in [0.15, 0.2) is 0 Å². The highest BCUT2D eigenvalue weighted by atomic mass is 16.4. The fraction of sp³-hybridized carbons (Fsp3) is 0.538. The molecule has 5 heteroatoms. The van der Waals surface area contributed by atoms with Gasteiger partial charge in [0.1, 0.15) is 0 Å². The quantitative estimate of drug-likeness (QED) is 0.833. The van der Waals surface area contributed by atoms with Crippen LogP contribution in [0.15, 0.2) is 18.3 Å². The molecule has 0 amide bonds. The SMILES string of the molecule is CC1CCN(Cc2ccc(C(=O)O)cn2)C1CO. The molecule has 0 aliphatic carbocycles. The summed E-state index contributed by atoms with van der Waals surface area (Å²) in [7, 11) is 0. The zero-order valence-electron chi connectivity index (χ0n) is 10.4. The van der Waals surface area contributed by atoms with Gasteiger partial charge in [0, 0.05) is 18.8 Å². The molecule has 1 aromatic rings. The minimum absolute atomic E-state index is 0.161. The Hall–Kier alpha value is -1.46. The van der Waals surface area contributed by atoms with E-state index in [0.29, 0.717) is 12.5 Å². The molecule has 0 spiro atoms. The lowest BCUT2D eigenvalue weighted by Crippen LogP contribution is -2.34. The maximum Gasteiger partial charge on any atom is 0.337 e. The van der Waals surface area contributed by atoms with E-state index in [1.807, 2.05) is 0 Å². The first-order chi connectivity index (χ1) is 8.61. The summed E-state index contributed by atoms with van der Waals surface area (Å²) in [4.78, 5) is 17.1. The van der Waals surface area contributed by atoms with Crippen LogP contribution in [0, 0.1) is 5.92 Å². The third-order valence-electron chi connectivity index (χ3n) is 3.62. The summed E-state index contributed by atoms with van der Waals surface area (Å²) in [5, 5.41) is 18.2. The van der Waals surface area contributed by atoms with Gasteiger partial charge in [0.25, 0.3) is 0 Å². The molecule has 1 fully saturated rings. The first kappa shape index (κ1) is 13.0. The number of carboxylic acid groups (broad SMARTS) is 1. The number of aromatic nitrogens is 1. The minimum atomic E-state index is -0.961. The fourth-order valence-corrected chi connectivity index (χ4v) is 2.43. The molecule has 5 nitrogen and oxygen atoms in total. The van der Waals surface area contributed by atoms with Crippen molar-refractivity contribution >= 4 is 5.97 Å². The minimum Gasteiger partial charge on any atom is -0.478 e. The zero-order valence-corrected chi connectivity index (χ0v) is 10.4. The molecule has 1 aliphatic heterocycles. The Kier molecular flexibility index (Phi) is 3.93. The van der Waals surface area contributed by atoms with Crippen molar-refractivity contribution in [2.24, 2.45) is 5.92 Å². The van der Waals surface area contributed by atoms with Crippen LogP contribution in [0.3, 0.4) is 0 Å². The van der Waals surface area contributed by atoms with Crippen LogP contribution < -0.4 is 0 Å². The van der Waals surface area contributed by atoms with Crippen molar-refractivity contribution in [1.29, 1.82) is 0 Å². The second-order valence-corrected chi connectivity index (χ2v) is 4.83. The highest BCUT2D eigenvalue weighted by molar-refractivity contribution is 5.87. The van der Waals surface area contributed by atoms with Gasteiger partial charge in [-0.15, -0.1) is 0 Å². The summed E-state index contributed by atoms with van der Waals surface area (Å²) >= 11 is 0. The normalized spacial score (nSPS) is 24.3. The number of aliphatic hydroxyl groups is 1. The molecule has 1 aromatic heterocycles. The van der Waals surface area contributed by atoms with Crippen LogP contribution in [0.2, 0.25) is 0 Å². The van der Waals surface area contributed by atoms with E-state index in [-0.39, 0.29) is 18.2 Å². The third-order valence-corrected chi connectivity index (χ3v) is 3.62. The fourth-order valence-electron chi connectivity index (χ4n) is 2.43. The van der Waals surface area contributed by atoms with Crippen LogP contribution >= 0.6 is 0 Å². The van der Waals surface area contributed by atoms with Gasteiger partial charge < -0.3 is 10.2 Å². The van der Waals surface area contributed by atoms with Gasteiger partial charge in [-0.1, -0.05) is 6.92 Å². The number of carboxylic acids is 1. The predicted molar refractivity (Wildman–Crippen MR) is 66.3 cm³/mol. The molecular weight excluding hydrogens is 232 g/mol.